The molecule has 2 aromatic rings. The topological polar surface area (TPSA) is 60.7 Å². The maximum absolute atomic E-state index is 12.9. The summed E-state index contributed by atoms with van der Waals surface area (Å²) in [5, 5.41) is 28.5. The summed E-state index contributed by atoms with van der Waals surface area (Å²) in [4.78, 5) is 0. The lowest BCUT2D eigenvalue weighted by molar-refractivity contribution is -0.306. The largest absolute Gasteiger partial charge is 0.403 e. The zero-order chi connectivity index (χ0) is 25.5. The smallest absolute Gasteiger partial charge is 0.392 e. The minimum atomic E-state index is -5.57. The summed E-state index contributed by atoms with van der Waals surface area (Å²) in [6.45, 7) is 1.53. The molecule has 0 saturated carbocycles. The van der Waals surface area contributed by atoms with E-state index in [0.717, 1.165) is 23.1 Å². The third kappa shape index (κ3) is 7.45. The number of aliphatic hydroxyl groups is 3. The molecule has 190 valence electrons. The SMILES string of the molecule is CCc1c(CCCc2ccc(CO)c(CO)c2)cccc1CCC(O)C(C(F)(F)F)C(F)(F)F. The van der Waals surface area contributed by atoms with Gasteiger partial charge >= 0.3 is 12.4 Å². The van der Waals surface area contributed by atoms with Crippen LogP contribution in [0.4, 0.5) is 26.3 Å². The number of hydrogen-bond donors (Lipinski definition) is 3. The fraction of sp³-hybridized carbons (Fsp3) is 0.520. The Morgan fingerprint density at radius 1 is 0.765 bits per heavy atom. The van der Waals surface area contributed by atoms with Gasteiger partial charge in [-0.15, -0.1) is 0 Å². The second-order valence-corrected chi connectivity index (χ2v) is 8.35. The summed E-state index contributed by atoms with van der Waals surface area (Å²) < 4.78 is 77.2. The Balaban J connectivity index is 2.07. The summed E-state index contributed by atoms with van der Waals surface area (Å²) >= 11 is 0. The van der Waals surface area contributed by atoms with E-state index in [2.05, 4.69) is 0 Å². The van der Waals surface area contributed by atoms with Crippen LogP contribution in [0.2, 0.25) is 0 Å². The van der Waals surface area contributed by atoms with Crippen LogP contribution in [0.5, 0.6) is 0 Å². The van der Waals surface area contributed by atoms with Crippen molar-refractivity contribution in [2.75, 3.05) is 0 Å². The molecular weight excluding hydrogens is 462 g/mol. The maximum atomic E-state index is 12.9. The molecule has 3 nitrogen and oxygen atoms in total. The molecule has 9 heteroatoms. The van der Waals surface area contributed by atoms with Gasteiger partial charge in [0.15, 0.2) is 5.92 Å². The van der Waals surface area contributed by atoms with Crippen LogP contribution in [0.3, 0.4) is 0 Å². The molecule has 0 saturated heterocycles. The van der Waals surface area contributed by atoms with Gasteiger partial charge in [0.05, 0.1) is 19.3 Å². The summed E-state index contributed by atoms with van der Waals surface area (Å²) in [6.07, 6.45) is -11.8. The molecule has 0 aliphatic carbocycles. The second-order valence-electron chi connectivity index (χ2n) is 8.35. The van der Waals surface area contributed by atoms with E-state index in [4.69, 9.17) is 0 Å². The molecule has 0 aliphatic rings. The van der Waals surface area contributed by atoms with Crippen molar-refractivity contribution in [3.8, 4) is 0 Å². The Labute approximate surface area is 195 Å². The highest BCUT2D eigenvalue weighted by Gasteiger charge is 2.59. The van der Waals surface area contributed by atoms with Gasteiger partial charge in [0.1, 0.15) is 0 Å². The monoisotopic (exact) mass is 492 g/mol. The number of benzene rings is 2. The number of aryl methyl sites for hydroxylation is 3. The van der Waals surface area contributed by atoms with Crippen molar-refractivity contribution in [3.05, 3.63) is 69.8 Å². The van der Waals surface area contributed by atoms with E-state index in [1.165, 1.54) is 0 Å². The van der Waals surface area contributed by atoms with E-state index >= 15 is 0 Å². The van der Waals surface area contributed by atoms with Gasteiger partial charge < -0.3 is 15.3 Å². The molecule has 2 rings (SSSR count). The van der Waals surface area contributed by atoms with Crippen LogP contribution in [-0.4, -0.2) is 33.8 Å². The van der Waals surface area contributed by atoms with Crippen molar-refractivity contribution in [2.24, 2.45) is 5.92 Å². The van der Waals surface area contributed by atoms with Crippen molar-refractivity contribution in [1.82, 2.24) is 0 Å². The van der Waals surface area contributed by atoms with Gasteiger partial charge in [-0.1, -0.05) is 43.3 Å². The molecule has 1 atom stereocenters. The van der Waals surface area contributed by atoms with E-state index in [0.29, 0.717) is 36.0 Å². The lowest BCUT2D eigenvalue weighted by Crippen LogP contribution is -2.45. The first-order valence-corrected chi connectivity index (χ1v) is 11.2. The van der Waals surface area contributed by atoms with E-state index in [9.17, 15) is 41.7 Å². The van der Waals surface area contributed by atoms with Gasteiger partial charge in [-0.25, -0.2) is 0 Å². The summed E-state index contributed by atoms with van der Waals surface area (Å²) in [6, 6.07) is 10.8. The highest BCUT2D eigenvalue weighted by Crippen LogP contribution is 2.42. The molecular formula is C25H30F6O3. The molecule has 0 aromatic heterocycles. The fourth-order valence-electron chi connectivity index (χ4n) is 4.32. The van der Waals surface area contributed by atoms with Crippen LogP contribution in [-0.2, 0) is 38.9 Å². The van der Waals surface area contributed by atoms with E-state index in [-0.39, 0.29) is 19.6 Å². The molecule has 0 fully saturated rings. The summed E-state index contributed by atoms with van der Waals surface area (Å²) in [5.74, 6) is -3.77. The molecule has 1 unspecified atom stereocenters. The Kier molecular flexibility index (Phi) is 9.96. The average molecular weight is 493 g/mol. The molecule has 0 amide bonds. The number of halogens is 6. The molecule has 0 spiro atoms. The first-order valence-electron chi connectivity index (χ1n) is 11.2. The third-order valence-electron chi connectivity index (χ3n) is 6.05. The van der Waals surface area contributed by atoms with Gasteiger partial charge in [-0.05, 0) is 71.9 Å². The van der Waals surface area contributed by atoms with Crippen LogP contribution >= 0.6 is 0 Å². The predicted octanol–water partition coefficient (Wildman–Crippen LogP) is 5.44. The van der Waals surface area contributed by atoms with Crippen molar-refractivity contribution >= 4 is 0 Å². The van der Waals surface area contributed by atoms with Gasteiger partial charge in [0, 0.05) is 0 Å². The van der Waals surface area contributed by atoms with Crippen LogP contribution in [0.1, 0.15) is 53.1 Å². The van der Waals surface area contributed by atoms with E-state index in [1.54, 1.807) is 18.2 Å². The number of rotatable bonds is 11. The van der Waals surface area contributed by atoms with Crippen molar-refractivity contribution in [3.63, 3.8) is 0 Å². The van der Waals surface area contributed by atoms with Crippen molar-refractivity contribution in [1.29, 1.82) is 0 Å². The highest BCUT2D eigenvalue weighted by atomic mass is 19.4. The number of alkyl halides is 6. The van der Waals surface area contributed by atoms with Crippen molar-refractivity contribution < 1.29 is 41.7 Å². The Morgan fingerprint density at radius 3 is 1.88 bits per heavy atom. The molecule has 34 heavy (non-hydrogen) atoms. The minimum absolute atomic E-state index is 0.0939. The molecule has 0 aliphatic heterocycles. The zero-order valence-electron chi connectivity index (χ0n) is 18.9. The van der Waals surface area contributed by atoms with Gasteiger partial charge in [0.25, 0.3) is 0 Å². The van der Waals surface area contributed by atoms with Crippen LogP contribution < -0.4 is 0 Å². The van der Waals surface area contributed by atoms with Crippen LogP contribution in [0, 0.1) is 5.92 Å². The Bertz CT molecular complexity index is 910. The standard InChI is InChI=1S/C25H30F6O3/c1-2-21-17(6-3-5-16-9-10-19(14-32)20(13-16)15-33)7-4-8-18(21)11-12-22(34)23(24(26,27)28)25(29,30)31/h4,7-10,13,22-23,32-34H,2-3,5-6,11-12,14-15H2,1H3. The molecule has 0 heterocycles. The number of aliphatic hydroxyl groups excluding tert-OH is 3. The highest BCUT2D eigenvalue weighted by molar-refractivity contribution is 5.36. The Hall–Kier alpha value is -2.10. The predicted molar refractivity (Wildman–Crippen MR) is 116 cm³/mol. The second kappa shape index (κ2) is 12.0. The third-order valence-corrected chi connectivity index (χ3v) is 6.05. The summed E-state index contributed by atoms with van der Waals surface area (Å²) in [7, 11) is 0. The normalized spacial score (nSPS) is 13.5. The zero-order valence-corrected chi connectivity index (χ0v) is 18.9. The van der Waals surface area contributed by atoms with Gasteiger partial charge in [0.2, 0.25) is 0 Å². The molecule has 0 bridgehead atoms. The van der Waals surface area contributed by atoms with Gasteiger partial charge in [-0.3, -0.25) is 0 Å². The molecule has 0 radical (unpaired) electrons. The molecule has 3 N–H and O–H groups in total. The first kappa shape index (κ1) is 28.1. The first-order chi connectivity index (χ1) is 15.9. The van der Waals surface area contributed by atoms with Crippen LogP contribution in [0.25, 0.3) is 0 Å². The lowest BCUT2D eigenvalue weighted by Gasteiger charge is -2.27. The fourth-order valence-corrected chi connectivity index (χ4v) is 4.32. The van der Waals surface area contributed by atoms with Crippen molar-refractivity contribution in [2.45, 2.75) is 77.1 Å². The summed E-state index contributed by atoms with van der Waals surface area (Å²) in [5.41, 5.74) is 4.78. The lowest BCUT2D eigenvalue weighted by atomic mass is 9.89. The van der Waals surface area contributed by atoms with E-state index < -0.39 is 30.8 Å². The molecule has 2 aromatic carbocycles. The number of hydrogen-bond acceptors (Lipinski definition) is 3. The van der Waals surface area contributed by atoms with Crippen LogP contribution in [0.15, 0.2) is 36.4 Å². The van der Waals surface area contributed by atoms with E-state index in [1.807, 2.05) is 25.1 Å². The minimum Gasteiger partial charge on any atom is -0.392 e. The van der Waals surface area contributed by atoms with Gasteiger partial charge in [-0.2, -0.15) is 26.3 Å². The Morgan fingerprint density at radius 2 is 1.35 bits per heavy atom. The maximum Gasteiger partial charge on any atom is 0.403 e. The quantitative estimate of drug-likeness (QED) is 0.366. The average Bonchev–Trinajstić information content (AvgIpc) is 2.75.